The summed E-state index contributed by atoms with van der Waals surface area (Å²) in [6.07, 6.45) is 5.44. The Morgan fingerprint density at radius 1 is 1.12 bits per heavy atom. The molecular weight excluding hydrogens is 320 g/mol. The third-order valence-corrected chi connectivity index (χ3v) is 5.39. The Morgan fingerprint density at radius 3 is 2.58 bits per heavy atom. The van der Waals surface area contributed by atoms with Crippen LogP contribution < -0.4 is 5.32 Å². The summed E-state index contributed by atoms with van der Waals surface area (Å²) >= 11 is 0. The second-order valence-electron chi connectivity index (χ2n) is 7.18. The Bertz CT molecular complexity index is 656. The summed E-state index contributed by atoms with van der Waals surface area (Å²) in [5.41, 5.74) is 2.51. The first kappa shape index (κ1) is 17.7. The monoisotopic (exact) mass is 348 g/mol. The number of likely N-dealkylation sites (tertiary alicyclic amines) is 1. The van der Waals surface area contributed by atoms with Gasteiger partial charge in [-0.2, -0.15) is 5.10 Å². The molecule has 2 aliphatic rings. The number of hydrogen-bond acceptors (Lipinski definition) is 3. The van der Waals surface area contributed by atoms with Gasteiger partial charge < -0.3 is 5.32 Å². The number of para-hydroxylation sites is 1. The molecule has 0 amide bonds. The van der Waals surface area contributed by atoms with Gasteiger partial charge in [0.2, 0.25) is 0 Å². The van der Waals surface area contributed by atoms with E-state index in [2.05, 4.69) is 46.1 Å². The molecule has 0 bridgehead atoms. The maximum atomic E-state index is 4.85. The number of fused-ring (bicyclic) bond motifs is 1. The Balaban J connectivity index is 0.00000169. The first-order chi connectivity index (χ1) is 11.3. The number of halogens is 1. The van der Waals surface area contributed by atoms with Crippen molar-refractivity contribution >= 4 is 23.3 Å². The third kappa shape index (κ3) is 3.93. The van der Waals surface area contributed by atoms with Gasteiger partial charge in [0.25, 0.3) is 0 Å². The summed E-state index contributed by atoms with van der Waals surface area (Å²) in [6.45, 7) is 7.72. The van der Waals surface area contributed by atoms with Crippen molar-refractivity contribution in [1.82, 2.24) is 20.0 Å². The number of benzene rings is 1. The van der Waals surface area contributed by atoms with Crippen LogP contribution in [0.4, 0.5) is 0 Å². The van der Waals surface area contributed by atoms with Crippen LogP contribution in [0, 0.1) is 5.92 Å². The van der Waals surface area contributed by atoms with E-state index in [-0.39, 0.29) is 12.4 Å². The standard InChI is InChI=1S/C19H28N4.ClH/c1-2-23-19-6-4-3-5-17(19)18(21-23)14-22-11-9-16(10-12-22)20-13-15-7-8-15;/h3-6,15-16,20H,2,7-14H2,1H3;1H. The van der Waals surface area contributed by atoms with Crippen molar-refractivity contribution in [3.05, 3.63) is 30.0 Å². The molecule has 5 heteroatoms. The average molecular weight is 349 g/mol. The highest BCUT2D eigenvalue weighted by Crippen LogP contribution is 2.28. The van der Waals surface area contributed by atoms with Gasteiger partial charge in [-0.3, -0.25) is 9.58 Å². The van der Waals surface area contributed by atoms with Crippen molar-refractivity contribution in [1.29, 1.82) is 0 Å². The van der Waals surface area contributed by atoms with Crippen molar-refractivity contribution in [2.24, 2.45) is 5.92 Å². The normalized spacial score (nSPS) is 19.5. The van der Waals surface area contributed by atoms with E-state index >= 15 is 0 Å². The van der Waals surface area contributed by atoms with Gasteiger partial charge in [0.1, 0.15) is 0 Å². The first-order valence-corrected chi connectivity index (χ1v) is 9.23. The van der Waals surface area contributed by atoms with Crippen molar-refractivity contribution in [3.8, 4) is 0 Å². The van der Waals surface area contributed by atoms with Gasteiger partial charge in [-0.15, -0.1) is 12.4 Å². The minimum atomic E-state index is 0. The van der Waals surface area contributed by atoms with Crippen LogP contribution in [0.5, 0.6) is 0 Å². The predicted molar refractivity (Wildman–Crippen MR) is 102 cm³/mol. The molecule has 1 N–H and O–H groups in total. The maximum Gasteiger partial charge on any atom is 0.0843 e. The van der Waals surface area contributed by atoms with E-state index in [4.69, 9.17) is 5.10 Å². The van der Waals surface area contributed by atoms with Gasteiger partial charge in [0.05, 0.1) is 11.2 Å². The predicted octanol–water partition coefficient (Wildman–Crippen LogP) is 3.44. The lowest BCUT2D eigenvalue weighted by atomic mass is 10.0. The van der Waals surface area contributed by atoms with E-state index in [0.717, 1.165) is 25.0 Å². The van der Waals surface area contributed by atoms with Crippen LogP contribution in [-0.2, 0) is 13.1 Å². The highest BCUT2D eigenvalue weighted by molar-refractivity contribution is 5.85. The maximum absolute atomic E-state index is 4.85. The van der Waals surface area contributed by atoms with Gasteiger partial charge in [-0.05, 0) is 51.1 Å². The van der Waals surface area contributed by atoms with Crippen molar-refractivity contribution in [2.75, 3.05) is 19.6 Å². The first-order valence-electron chi connectivity index (χ1n) is 9.23. The van der Waals surface area contributed by atoms with Gasteiger partial charge in [0, 0.05) is 37.6 Å². The molecule has 4 nitrogen and oxygen atoms in total. The molecule has 1 saturated carbocycles. The third-order valence-electron chi connectivity index (χ3n) is 5.39. The zero-order valence-corrected chi connectivity index (χ0v) is 15.4. The summed E-state index contributed by atoms with van der Waals surface area (Å²) in [5.74, 6) is 0.984. The van der Waals surface area contributed by atoms with Crippen LogP contribution in [0.3, 0.4) is 0 Å². The summed E-state index contributed by atoms with van der Waals surface area (Å²) in [4.78, 5) is 2.57. The Kier molecular flexibility index (Phi) is 5.80. The van der Waals surface area contributed by atoms with E-state index in [1.165, 1.54) is 61.9 Å². The molecule has 2 heterocycles. The molecule has 0 radical (unpaired) electrons. The van der Waals surface area contributed by atoms with Crippen LogP contribution in [0.25, 0.3) is 10.9 Å². The van der Waals surface area contributed by atoms with E-state index in [1.54, 1.807) is 0 Å². The van der Waals surface area contributed by atoms with Gasteiger partial charge in [-0.25, -0.2) is 0 Å². The number of piperidine rings is 1. The fourth-order valence-electron chi connectivity index (χ4n) is 3.72. The minimum Gasteiger partial charge on any atom is -0.314 e. The lowest BCUT2D eigenvalue weighted by Gasteiger charge is -2.32. The van der Waals surface area contributed by atoms with Crippen molar-refractivity contribution in [3.63, 3.8) is 0 Å². The number of nitrogens with zero attached hydrogens (tertiary/aromatic N) is 3. The summed E-state index contributed by atoms with van der Waals surface area (Å²) in [5, 5.41) is 9.94. The van der Waals surface area contributed by atoms with Crippen LogP contribution >= 0.6 is 12.4 Å². The summed E-state index contributed by atoms with van der Waals surface area (Å²) in [7, 11) is 0. The Labute approximate surface area is 151 Å². The minimum absolute atomic E-state index is 0. The lowest BCUT2D eigenvalue weighted by molar-refractivity contribution is 0.188. The molecule has 132 valence electrons. The van der Waals surface area contributed by atoms with Crippen molar-refractivity contribution in [2.45, 2.75) is 51.7 Å². The highest BCUT2D eigenvalue weighted by Gasteiger charge is 2.25. The fourth-order valence-corrected chi connectivity index (χ4v) is 3.72. The number of aromatic nitrogens is 2. The molecule has 1 aromatic heterocycles. The molecule has 1 aromatic carbocycles. The molecule has 0 atom stereocenters. The number of rotatable bonds is 6. The summed E-state index contributed by atoms with van der Waals surface area (Å²) in [6, 6.07) is 9.37. The van der Waals surface area contributed by atoms with E-state index in [0.29, 0.717) is 0 Å². The smallest absolute Gasteiger partial charge is 0.0843 e. The fraction of sp³-hybridized carbons (Fsp3) is 0.632. The molecule has 4 rings (SSSR count). The lowest BCUT2D eigenvalue weighted by Crippen LogP contribution is -2.42. The van der Waals surface area contributed by atoms with Crippen LogP contribution in [0.15, 0.2) is 24.3 Å². The quantitative estimate of drug-likeness (QED) is 0.868. The van der Waals surface area contributed by atoms with E-state index in [9.17, 15) is 0 Å². The van der Waals surface area contributed by atoms with Crippen LogP contribution in [0.1, 0.15) is 38.3 Å². The van der Waals surface area contributed by atoms with E-state index in [1.807, 2.05) is 0 Å². The zero-order chi connectivity index (χ0) is 15.6. The summed E-state index contributed by atoms with van der Waals surface area (Å²) < 4.78 is 2.13. The molecule has 1 aliphatic carbocycles. The van der Waals surface area contributed by atoms with Crippen LogP contribution in [0.2, 0.25) is 0 Å². The van der Waals surface area contributed by atoms with Gasteiger partial charge in [-0.1, -0.05) is 18.2 Å². The number of hydrogen-bond donors (Lipinski definition) is 1. The Morgan fingerprint density at radius 2 is 1.88 bits per heavy atom. The van der Waals surface area contributed by atoms with Crippen LogP contribution in [-0.4, -0.2) is 40.4 Å². The second kappa shape index (κ2) is 7.85. The number of nitrogens with one attached hydrogen (secondary N) is 1. The van der Waals surface area contributed by atoms with Gasteiger partial charge >= 0.3 is 0 Å². The zero-order valence-electron chi connectivity index (χ0n) is 14.6. The molecule has 2 aromatic rings. The molecule has 0 unspecified atom stereocenters. The second-order valence-corrected chi connectivity index (χ2v) is 7.18. The topological polar surface area (TPSA) is 33.1 Å². The Hall–Kier alpha value is -1.10. The molecule has 1 saturated heterocycles. The SMILES string of the molecule is CCn1nc(CN2CCC(NCC3CC3)CC2)c2ccccc21.Cl. The average Bonchev–Trinajstić information content (AvgIpc) is 3.36. The molecule has 1 aliphatic heterocycles. The van der Waals surface area contributed by atoms with E-state index < -0.39 is 0 Å². The van der Waals surface area contributed by atoms with Crippen molar-refractivity contribution < 1.29 is 0 Å². The number of aryl methyl sites for hydroxylation is 1. The highest BCUT2D eigenvalue weighted by atomic mass is 35.5. The molecule has 2 fully saturated rings. The molecular formula is C19H29ClN4. The van der Waals surface area contributed by atoms with Gasteiger partial charge in [0.15, 0.2) is 0 Å². The molecule has 0 spiro atoms. The molecule has 24 heavy (non-hydrogen) atoms. The largest absolute Gasteiger partial charge is 0.314 e.